The summed E-state index contributed by atoms with van der Waals surface area (Å²) in [5, 5.41) is 3.05. The SMILES string of the molecule is CCOc1ccc(C(=O)NNC(=S)Nc2nc3cccc(OC)c3[nH]2)cc1OCC. The molecule has 0 aliphatic rings. The Bertz CT molecular complexity index is 1050. The number of fused-ring (bicyclic) bond motifs is 1. The van der Waals surface area contributed by atoms with Crippen LogP contribution in [0.1, 0.15) is 24.2 Å². The zero-order chi connectivity index (χ0) is 21.5. The number of hydrogen-bond acceptors (Lipinski definition) is 6. The molecule has 9 nitrogen and oxygen atoms in total. The van der Waals surface area contributed by atoms with E-state index in [1.807, 2.05) is 32.0 Å². The molecule has 2 aromatic carbocycles. The van der Waals surface area contributed by atoms with E-state index in [0.717, 1.165) is 11.0 Å². The Morgan fingerprint density at radius 2 is 1.83 bits per heavy atom. The zero-order valence-corrected chi connectivity index (χ0v) is 17.7. The first-order valence-electron chi connectivity index (χ1n) is 9.35. The van der Waals surface area contributed by atoms with Crippen molar-refractivity contribution < 1.29 is 19.0 Å². The van der Waals surface area contributed by atoms with Gasteiger partial charge in [0.25, 0.3) is 5.91 Å². The van der Waals surface area contributed by atoms with Gasteiger partial charge >= 0.3 is 0 Å². The van der Waals surface area contributed by atoms with Gasteiger partial charge in [-0.05, 0) is 56.4 Å². The number of carbonyl (C=O) groups excluding carboxylic acids is 1. The van der Waals surface area contributed by atoms with Gasteiger partial charge in [0.2, 0.25) is 5.95 Å². The van der Waals surface area contributed by atoms with Gasteiger partial charge in [0, 0.05) is 5.56 Å². The predicted molar refractivity (Wildman–Crippen MR) is 118 cm³/mol. The van der Waals surface area contributed by atoms with Crippen molar-refractivity contribution in [3.63, 3.8) is 0 Å². The Morgan fingerprint density at radius 1 is 1.07 bits per heavy atom. The summed E-state index contributed by atoms with van der Waals surface area (Å²) in [6.45, 7) is 4.70. The van der Waals surface area contributed by atoms with Crippen molar-refractivity contribution in [2.45, 2.75) is 13.8 Å². The van der Waals surface area contributed by atoms with Crippen LogP contribution in [0.15, 0.2) is 36.4 Å². The lowest BCUT2D eigenvalue weighted by molar-refractivity contribution is 0.0943. The van der Waals surface area contributed by atoms with Crippen LogP contribution in [0.25, 0.3) is 11.0 Å². The van der Waals surface area contributed by atoms with E-state index in [-0.39, 0.29) is 11.0 Å². The van der Waals surface area contributed by atoms with E-state index in [4.69, 9.17) is 26.4 Å². The van der Waals surface area contributed by atoms with Gasteiger partial charge in [-0.3, -0.25) is 15.6 Å². The number of nitrogens with one attached hydrogen (secondary N) is 4. The minimum atomic E-state index is -0.380. The second-order valence-electron chi connectivity index (χ2n) is 6.00. The maximum Gasteiger partial charge on any atom is 0.269 e. The third-order valence-electron chi connectivity index (χ3n) is 4.03. The minimum absolute atomic E-state index is 0.164. The number of para-hydroxylation sites is 1. The molecule has 0 aliphatic carbocycles. The number of rotatable bonds is 7. The Morgan fingerprint density at radius 3 is 2.57 bits per heavy atom. The number of hydrogen-bond donors (Lipinski definition) is 4. The molecule has 0 spiro atoms. The molecule has 3 rings (SSSR count). The van der Waals surface area contributed by atoms with E-state index in [2.05, 4.69) is 26.1 Å². The fraction of sp³-hybridized carbons (Fsp3) is 0.250. The molecule has 0 atom stereocenters. The van der Waals surface area contributed by atoms with E-state index in [0.29, 0.717) is 42.0 Å². The third kappa shape index (κ3) is 4.90. The number of imidazole rings is 1. The van der Waals surface area contributed by atoms with E-state index < -0.39 is 0 Å². The average Bonchev–Trinajstić information content (AvgIpc) is 3.16. The van der Waals surface area contributed by atoms with Crippen molar-refractivity contribution in [1.82, 2.24) is 20.8 Å². The monoisotopic (exact) mass is 429 g/mol. The lowest BCUT2D eigenvalue weighted by atomic mass is 10.2. The molecule has 0 bridgehead atoms. The van der Waals surface area contributed by atoms with Gasteiger partial charge < -0.3 is 24.5 Å². The maximum absolute atomic E-state index is 12.5. The highest BCUT2D eigenvalue weighted by atomic mass is 32.1. The Kier molecular flexibility index (Phi) is 6.91. The number of hydrazine groups is 1. The number of methoxy groups -OCH3 is 1. The maximum atomic E-state index is 12.5. The molecule has 1 heterocycles. The first kappa shape index (κ1) is 21.2. The standard InChI is InChI=1S/C20H23N5O4S/c1-4-28-14-10-9-12(11-16(14)29-5-2)18(26)24-25-20(30)23-19-21-13-7-6-8-15(27-3)17(13)22-19/h6-11H,4-5H2,1-3H3,(H,24,26)(H3,21,22,23,25,30). The molecule has 10 heteroatoms. The van der Waals surface area contributed by atoms with Crippen LogP contribution >= 0.6 is 12.2 Å². The summed E-state index contributed by atoms with van der Waals surface area (Å²) >= 11 is 5.22. The summed E-state index contributed by atoms with van der Waals surface area (Å²) in [5.74, 6) is 1.79. The molecule has 0 saturated heterocycles. The molecule has 0 unspecified atom stereocenters. The molecule has 1 aromatic heterocycles. The van der Waals surface area contributed by atoms with Gasteiger partial charge in [0.1, 0.15) is 11.3 Å². The molecule has 0 radical (unpaired) electrons. The number of thiocarbonyl (C=S) groups is 1. The Hall–Kier alpha value is -3.53. The predicted octanol–water partition coefficient (Wildman–Crippen LogP) is 3.00. The highest BCUT2D eigenvalue weighted by Gasteiger charge is 2.13. The normalized spacial score (nSPS) is 10.4. The number of H-pyrrole nitrogens is 1. The Labute approximate surface area is 179 Å². The second-order valence-corrected chi connectivity index (χ2v) is 6.41. The number of aromatic nitrogens is 2. The van der Waals surface area contributed by atoms with Crippen molar-refractivity contribution in [2.24, 2.45) is 0 Å². The lowest BCUT2D eigenvalue weighted by Crippen LogP contribution is -2.43. The van der Waals surface area contributed by atoms with Gasteiger partial charge in [-0.1, -0.05) is 6.07 Å². The van der Waals surface area contributed by atoms with Crippen LogP contribution in [-0.2, 0) is 0 Å². The molecule has 4 N–H and O–H groups in total. The second kappa shape index (κ2) is 9.79. The summed E-state index contributed by atoms with van der Waals surface area (Å²) in [6, 6.07) is 10.5. The first-order chi connectivity index (χ1) is 14.5. The summed E-state index contributed by atoms with van der Waals surface area (Å²) < 4.78 is 16.4. The van der Waals surface area contributed by atoms with Crippen LogP contribution in [0.2, 0.25) is 0 Å². The van der Waals surface area contributed by atoms with Crippen molar-refractivity contribution in [1.29, 1.82) is 0 Å². The third-order valence-corrected chi connectivity index (χ3v) is 4.23. The largest absolute Gasteiger partial charge is 0.494 e. The molecule has 158 valence electrons. The van der Waals surface area contributed by atoms with E-state index >= 15 is 0 Å². The Balaban J connectivity index is 1.62. The molecule has 0 saturated carbocycles. The number of aromatic amines is 1. The molecular weight excluding hydrogens is 406 g/mol. The summed E-state index contributed by atoms with van der Waals surface area (Å²) in [5.41, 5.74) is 7.05. The topological polar surface area (TPSA) is 110 Å². The minimum Gasteiger partial charge on any atom is -0.494 e. The van der Waals surface area contributed by atoms with Crippen LogP contribution in [-0.4, -0.2) is 41.3 Å². The number of carbonyl (C=O) groups is 1. The number of amides is 1. The van der Waals surface area contributed by atoms with Gasteiger partial charge in [0.15, 0.2) is 16.6 Å². The smallest absolute Gasteiger partial charge is 0.269 e. The van der Waals surface area contributed by atoms with Crippen LogP contribution in [0.3, 0.4) is 0 Å². The molecule has 1 amide bonds. The highest BCUT2D eigenvalue weighted by molar-refractivity contribution is 7.80. The molecular formula is C20H23N5O4S. The number of ether oxygens (including phenoxy) is 3. The summed E-state index contributed by atoms with van der Waals surface area (Å²) in [6.07, 6.45) is 0. The summed E-state index contributed by atoms with van der Waals surface area (Å²) in [4.78, 5) is 19.9. The first-order valence-corrected chi connectivity index (χ1v) is 9.76. The fourth-order valence-corrected chi connectivity index (χ4v) is 2.90. The van der Waals surface area contributed by atoms with Crippen molar-refractivity contribution in [2.75, 3.05) is 25.6 Å². The molecule has 30 heavy (non-hydrogen) atoms. The van der Waals surface area contributed by atoms with Crippen LogP contribution in [0.5, 0.6) is 17.2 Å². The summed E-state index contributed by atoms with van der Waals surface area (Å²) in [7, 11) is 1.59. The van der Waals surface area contributed by atoms with Gasteiger partial charge in [-0.15, -0.1) is 0 Å². The molecule has 3 aromatic rings. The van der Waals surface area contributed by atoms with E-state index in [1.54, 1.807) is 25.3 Å². The molecule has 0 fully saturated rings. The van der Waals surface area contributed by atoms with Gasteiger partial charge in [0.05, 0.1) is 25.8 Å². The van der Waals surface area contributed by atoms with Gasteiger partial charge in [-0.2, -0.15) is 0 Å². The highest BCUT2D eigenvalue weighted by Crippen LogP contribution is 2.28. The zero-order valence-electron chi connectivity index (χ0n) is 16.9. The number of benzene rings is 2. The van der Waals surface area contributed by atoms with Crippen molar-refractivity contribution in [3.8, 4) is 17.2 Å². The fourth-order valence-electron chi connectivity index (χ4n) is 2.75. The van der Waals surface area contributed by atoms with Crippen LogP contribution < -0.4 is 30.4 Å². The number of nitrogens with zero attached hydrogens (tertiary/aromatic N) is 1. The van der Waals surface area contributed by atoms with Gasteiger partial charge in [-0.25, -0.2) is 4.98 Å². The lowest BCUT2D eigenvalue weighted by Gasteiger charge is -2.13. The van der Waals surface area contributed by atoms with Crippen LogP contribution in [0.4, 0.5) is 5.95 Å². The van der Waals surface area contributed by atoms with Crippen molar-refractivity contribution >= 4 is 40.2 Å². The van der Waals surface area contributed by atoms with Crippen LogP contribution in [0, 0.1) is 0 Å². The quantitative estimate of drug-likeness (QED) is 0.335. The molecule has 0 aliphatic heterocycles. The number of anilines is 1. The van der Waals surface area contributed by atoms with E-state index in [9.17, 15) is 4.79 Å². The van der Waals surface area contributed by atoms with Crippen molar-refractivity contribution in [3.05, 3.63) is 42.0 Å². The van der Waals surface area contributed by atoms with E-state index in [1.165, 1.54) is 0 Å². The average molecular weight is 430 g/mol.